The normalized spacial score (nSPS) is 22.7. The fourth-order valence-electron chi connectivity index (χ4n) is 2.41. The summed E-state index contributed by atoms with van der Waals surface area (Å²) in [5.41, 5.74) is 0.921. The number of likely N-dealkylation sites (tertiary alicyclic amines) is 1. The molecular weight excluding hydrogens is 258 g/mol. The van der Waals surface area contributed by atoms with Crippen LogP contribution in [-0.4, -0.2) is 40.6 Å². The number of amides is 1. The van der Waals surface area contributed by atoms with E-state index in [1.165, 1.54) is 4.90 Å². The monoisotopic (exact) mass is 277 g/mol. The van der Waals surface area contributed by atoms with Crippen molar-refractivity contribution in [2.24, 2.45) is 0 Å². The van der Waals surface area contributed by atoms with Crippen LogP contribution in [-0.2, 0) is 20.9 Å². The van der Waals surface area contributed by atoms with Crippen LogP contribution in [0.3, 0.4) is 0 Å². The average Bonchev–Trinajstić information content (AvgIpc) is 2.44. The summed E-state index contributed by atoms with van der Waals surface area (Å²) in [7, 11) is 0. The quantitative estimate of drug-likeness (QED) is 0.837. The third-order valence-corrected chi connectivity index (χ3v) is 3.40. The Hall–Kier alpha value is -1.88. The summed E-state index contributed by atoms with van der Waals surface area (Å²) >= 11 is 0. The van der Waals surface area contributed by atoms with E-state index < -0.39 is 18.1 Å². The predicted molar refractivity (Wildman–Crippen MR) is 72.7 cm³/mol. The van der Waals surface area contributed by atoms with Gasteiger partial charge in [0.2, 0.25) is 5.91 Å². The Bertz CT molecular complexity index is 474. The first-order valence-electron chi connectivity index (χ1n) is 6.81. The van der Waals surface area contributed by atoms with Crippen LogP contribution in [0.15, 0.2) is 30.3 Å². The van der Waals surface area contributed by atoms with Gasteiger partial charge < -0.3 is 14.7 Å². The van der Waals surface area contributed by atoms with Gasteiger partial charge in [0.1, 0.15) is 0 Å². The number of esters is 1. The summed E-state index contributed by atoms with van der Waals surface area (Å²) in [4.78, 5) is 25.5. The van der Waals surface area contributed by atoms with Crippen LogP contribution in [0.4, 0.5) is 0 Å². The zero-order valence-electron chi connectivity index (χ0n) is 11.5. The number of rotatable bonds is 4. The molecule has 1 saturated heterocycles. The number of aliphatic hydroxyl groups is 1. The first kappa shape index (κ1) is 14.5. The van der Waals surface area contributed by atoms with E-state index in [1.54, 1.807) is 6.92 Å². The molecule has 1 N–H and O–H groups in total. The Balaban J connectivity index is 2.19. The number of benzene rings is 1. The highest BCUT2D eigenvalue weighted by Gasteiger charge is 2.40. The van der Waals surface area contributed by atoms with Crippen molar-refractivity contribution in [2.45, 2.75) is 38.5 Å². The second-order valence-corrected chi connectivity index (χ2v) is 4.81. The summed E-state index contributed by atoms with van der Waals surface area (Å²) in [6.45, 7) is 2.24. The summed E-state index contributed by atoms with van der Waals surface area (Å²) < 4.78 is 4.98. The van der Waals surface area contributed by atoms with Crippen molar-refractivity contribution in [3.8, 4) is 0 Å². The minimum atomic E-state index is -0.906. The number of nitrogens with zero attached hydrogens (tertiary/aromatic N) is 1. The molecule has 2 rings (SSSR count). The van der Waals surface area contributed by atoms with Gasteiger partial charge in [0.15, 0.2) is 6.04 Å². The highest BCUT2D eigenvalue weighted by molar-refractivity contribution is 5.86. The van der Waals surface area contributed by atoms with Crippen LogP contribution in [0.2, 0.25) is 0 Å². The highest BCUT2D eigenvalue weighted by atomic mass is 16.5. The lowest BCUT2D eigenvalue weighted by atomic mass is 9.97. The van der Waals surface area contributed by atoms with Crippen LogP contribution >= 0.6 is 0 Å². The Morgan fingerprint density at radius 2 is 2.10 bits per heavy atom. The zero-order chi connectivity index (χ0) is 14.5. The first-order valence-corrected chi connectivity index (χ1v) is 6.81. The number of hydrogen-bond donors (Lipinski definition) is 1. The molecule has 1 aromatic carbocycles. The van der Waals surface area contributed by atoms with Crippen LogP contribution in [0, 0.1) is 0 Å². The van der Waals surface area contributed by atoms with E-state index in [2.05, 4.69) is 0 Å². The molecule has 0 radical (unpaired) electrons. The molecule has 5 heteroatoms. The molecule has 108 valence electrons. The summed E-state index contributed by atoms with van der Waals surface area (Å²) in [5.74, 6) is -0.666. The predicted octanol–water partition coefficient (Wildman–Crippen LogP) is 1.10. The fraction of sp³-hybridized carbons (Fsp3) is 0.467. The van der Waals surface area contributed by atoms with Crippen molar-refractivity contribution in [3.63, 3.8) is 0 Å². The molecule has 1 aromatic rings. The van der Waals surface area contributed by atoms with E-state index in [0.717, 1.165) is 5.56 Å². The Kier molecular flexibility index (Phi) is 4.74. The maximum absolute atomic E-state index is 12.1. The Morgan fingerprint density at radius 3 is 2.75 bits per heavy atom. The smallest absolute Gasteiger partial charge is 0.331 e. The molecule has 0 bridgehead atoms. The highest BCUT2D eigenvalue weighted by Crippen LogP contribution is 2.22. The fourth-order valence-corrected chi connectivity index (χ4v) is 2.41. The molecule has 2 atom stereocenters. The van der Waals surface area contributed by atoms with Crippen molar-refractivity contribution >= 4 is 11.9 Å². The van der Waals surface area contributed by atoms with Gasteiger partial charge in [0, 0.05) is 13.0 Å². The number of carbonyl (C=O) groups excluding carboxylic acids is 2. The lowest BCUT2D eigenvalue weighted by Crippen LogP contribution is -2.55. The van der Waals surface area contributed by atoms with Gasteiger partial charge in [0.25, 0.3) is 0 Å². The molecule has 1 fully saturated rings. The molecule has 0 aliphatic carbocycles. The van der Waals surface area contributed by atoms with Crippen molar-refractivity contribution in [1.82, 2.24) is 4.90 Å². The van der Waals surface area contributed by atoms with Gasteiger partial charge in [-0.05, 0) is 18.9 Å². The van der Waals surface area contributed by atoms with E-state index in [9.17, 15) is 14.7 Å². The first-order chi connectivity index (χ1) is 9.63. The third kappa shape index (κ3) is 3.17. The van der Waals surface area contributed by atoms with Gasteiger partial charge in [-0.25, -0.2) is 4.79 Å². The standard InChI is InChI=1S/C15H19NO4/c1-2-20-15(19)14-12(17)8-9-13(18)16(14)10-11-6-4-3-5-7-11/h3-7,12,14,17H,2,8-10H2,1H3/t12-,14+/m1/s1. The second-order valence-electron chi connectivity index (χ2n) is 4.81. The van der Waals surface area contributed by atoms with Gasteiger partial charge in [0.05, 0.1) is 12.7 Å². The topological polar surface area (TPSA) is 66.8 Å². The molecule has 1 heterocycles. The maximum atomic E-state index is 12.1. The number of piperidine rings is 1. The molecule has 1 amide bonds. The van der Waals surface area contributed by atoms with Crippen LogP contribution in [0.1, 0.15) is 25.3 Å². The lowest BCUT2D eigenvalue weighted by molar-refractivity contribution is -0.165. The minimum Gasteiger partial charge on any atom is -0.464 e. The molecule has 5 nitrogen and oxygen atoms in total. The number of carbonyl (C=O) groups is 2. The molecule has 1 aliphatic heterocycles. The molecule has 0 unspecified atom stereocenters. The van der Waals surface area contributed by atoms with Gasteiger partial charge in [-0.1, -0.05) is 30.3 Å². The van der Waals surface area contributed by atoms with Crippen LogP contribution in [0.25, 0.3) is 0 Å². The van der Waals surface area contributed by atoms with Gasteiger partial charge >= 0.3 is 5.97 Å². The Morgan fingerprint density at radius 1 is 1.40 bits per heavy atom. The largest absolute Gasteiger partial charge is 0.464 e. The van der Waals surface area contributed by atoms with E-state index in [0.29, 0.717) is 13.0 Å². The van der Waals surface area contributed by atoms with E-state index in [-0.39, 0.29) is 18.9 Å². The lowest BCUT2D eigenvalue weighted by Gasteiger charge is -2.37. The number of hydrogen-bond acceptors (Lipinski definition) is 4. The average molecular weight is 277 g/mol. The maximum Gasteiger partial charge on any atom is 0.331 e. The van der Waals surface area contributed by atoms with E-state index in [1.807, 2.05) is 30.3 Å². The van der Waals surface area contributed by atoms with Crippen molar-refractivity contribution < 1.29 is 19.4 Å². The summed E-state index contributed by atoms with van der Waals surface area (Å²) in [6.07, 6.45) is -0.312. The molecule has 20 heavy (non-hydrogen) atoms. The van der Waals surface area contributed by atoms with E-state index >= 15 is 0 Å². The van der Waals surface area contributed by atoms with Gasteiger partial charge in [-0.3, -0.25) is 4.79 Å². The van der Waals surface area contributed by atoms with E-state index in [4.69, 9.17) is 4.74 Å². The van der Waals surface area contributed by atoms with Gasteiger partial charge in [-0.15, -0.1) is 0 Å². The number of ether oxygens (including phenoxy) is 1. The van der Waals surface area contributed by atoms with Gasteiger partial charge in [-0.2, -0.15) is 0 Å². The number of aliphatic hydroxyl groups excluding tert-OH is 1. The second kappa shape index (κ2) is 6.52. The summed E-state index contributed by atoms with van der Waals surface area (Å²) in [6, 6.07) is 8.50. The third-order valence-electron chi connectivity index (χ3n) is 3.40. The Labute approximate surface area is 118 Å². The van der Waals surface area contributed by atoms with Crippen molar-refractivity contribution in [1.29, 1.82) is 0 Å². The zero-order valence-corrected chi connectivity index (χ0v) is 11.5. The molecule has 0 saturated carbocycles. The summed E-state index contributed by atoms with van der Waals surface area (Å²) in [5, 5.41) is 10.0. The minimum absolute atomic E-state index is 0.128. The molecular formula is C15H19NO4. The van der Waals surface area contributed by atoms with Crippen LogP contribution < -0.4 is 0 Å². The molecule has 0 spiro atoms. The molecule has 1 aliphatic rings. The molecule has 0 aromatic heterocycles. The SMILES string of the molecule is CCOC(=O)[C@@H]1[C@H](O)CCC(=O)N1Cc1ccccc1. The van der Waals surface area contributed by atoms with Crippen molar-refractivity contribution in [2.75, 3.05) is 6.61 Å². The van der Waals surface area contributed by atoms with Crippen LogP contribution in [0.5, 0.6) is 0 Å². The van der Waals surface area contributed by atoms with Crippen molar-refractivity contribution in [3.05, 3.63) is 35.9 Å².